The van der Waals surface area contributed by atoms with E-state index in [1.807, 2.05) is 6.07 Å². The Morgan fingerprint density at radius 1 is 1.22 bits per heavy atom. The number of hydrogen-bond acceptors (Lipinski definition) is 5. The Bertz CT molecular complexity index is 901. The van der Waals surface area contributed by atoms with Crippen LogP contribution in [0.2, 0.25) is 0 Å². The Labute approximate surface area is 134 Å². The lowest BCUT2D eigenvalue weighted by atomic mass is 10.0. The summed E-state index contributed by atoms with van der Waals surface area (Å²) in [4.78, 5) is 27.2. The quantitative estimate of drug-likeness (QED) is 0.774. The molecule has 0 fully saturated rings. The minimum Gasteiger partial charge on any atom is -0.362 e. The number of H-pyrrole nitrogens is 1. The van der Waals surface area contributed by atoms with Gasteiger partial charge in [-0.05, 0) is 30.5 Å². The first kappa shape index (κ1) is 15.1. The van der Waals surface area contributed by atoms with Gasteiger partial charge in [-0.1, -0.05) is 19.9 Å². The normalized spacial score (nSPS) is 11.1. The van der Waals surface area contributed by atoms with Crippen LogP contribution in [0, 0.1) is 6.92 Å². The summed E-state index contributed by atoms with van der Waals surface area (Å²) < 4.78 is 0. The van der Waals surface area contributed by atoms with Gasteiger partial charge in [0.25, 0.3) is 5.56 Å². The van der Waals surface area contributed by atoms with E-state index in [2.05, 4.69) is 51.2 Å². The molecule has 23 heavy (non-hydrogen) atoms. The summed E-state index contributed by atoms with van der Waals surface area (Å²) in [5.74, 6) is 1.76. The number of fused-ring (bicyclic) bond motifs is 1. The summed E-state index contributed by atoms with van der Waals surface area (Å²) in [6, 6.07) is 7.67. The zero-order valence-electron chi connectivity index (χ0n) is 13.4. The second-order valence-electron chi connectivity index (χ2n) is 5.84. The molecular weight excluding hydrogens is 290 g/mol. The number of nitrogens with zero attached hydrogens (tertiary/aromatic N) is 3. The summed E-state index contributed by atoms with van der Waals surface area (Å²) in [5, 5.41) is 4.21. The maximum atomic E-state index is 11.5. The standard InChI is InChI=1S/C17H19N5O/c1-10(2)12-4-5-14-13(7-12)17(20-9-19-14)18-8-15-21-11(3)6-16(23)22-15/h4-7,9-10H,8H2,1-3H3,(H,18,19,20)(H,21,22,23). The lowest BCUT2D eigenvalue weighted by molar-refractivity contribution is 0.868. The van der Waals surface area contributed by atoms with E-state index < -0.39 is 0 Å². The van der Waals surface area contributed by atoms with Crippen LogP contribution in [0.5, 0.6) is 0 Å². The van der Waals surface area contributed by atoms with Crippen LogP contribution in [0.3, 0.4) is 0 Å². The average Bonchev–Trinajstić information content (AvgIpc) is 2.51. The average molecular weight is 309 g/mol. The van der Waals surface area contributed by atoms with E-state index >= 15 is 0 Å². The van der Waals surface area contributed by atoms with Crippen molar-refractivity contribution in [3.05, 3.63) is 58.0 Å². The molecule has 0 aliphatic heterocycles. The number of hydrogen-bond donors (Lipinski definition) is 2. The molecular formula is C17H19N5O. The molecule has 0 saturated carbocycles. The van der Waals surface area contributed by atoms with Crippen molar-refractivity contribution >= 4 is 16.7 Å². The third kappa shape index (κ3) is 3.36. The molecule has 2 N–H and O–H groups in total. The molecule has 0 bridgehead atoms. The minimum atomic E-state index is -0.149. The van der Waals surface area contributed by atoms with Gasteiger partial charge in [0.2, 0.25) is 0 Å². The summed E-state index contributed by atoms with van der Waals surface area (Å²) in [5.41, 5.74) is 2.67. The van der Waals surface area contributed by atoms with Crippen LogP contribution in [-0.2, 0) is 6.54 Å². The molecule has 2 heterocycles. The van der Waals surface area contributed by atoms with E-state index in [4.69, 9.17) is 0 Å². The van der Waals surface area contributed by atoms with E-state index in [0.29, 0.717) is 24.0 Å². The van der Waals surface area contributed by atoms with Gasteiger partial charge in [0.15, 0.2) is 0 Å². The van der Waals surface area contributed by atoms with Gasteiger partial charge in [-0.15, -0.1) is 0 Å². The van der Waals surface area contributed by atoms with E-state index in [1.165, 1.54) is 18.0 Å². The highest BCUT2D eigenvalue weighted by molar-refractivity contribution is 5.89. The molecule has 0 spiro atoms. The summed E-state index contributed by atoms with van der Waals surface area (Å²) in [6.45, 7) is 6.50. The van der Waals surface area contributed by atoms with Crippen LogP contribution < -0.4 is 10.9 Å². The zero-order valence-corrected chi connectivity index (χ0v) is 13.4. The molecule has 3 rings (SSSR count). The smallest absolute Gasteiger partial charge is 0.251 e. The Morgan fingerprint density at radius 3 is 2.78 bits per heavy atom. The van der Waals surface area contributed by atoms with Crippen molar-refractivity contribution in [1.29, 1.82) is 0 Å². The van der Waals surface area contributed by atoms with Crippen LogP contribution in [-0.4, -0.2) is 19.9 Å². The number of rotatable bonds is 4. The first-order chi connectivity index (χ1) is 11.0. The molecule has 0 amide bonds. The largest absolute Gasteiger partial charge is 0.362 e. The van der Waals surface area contributed by atoms with Crippen molar-refractivity contribution < 1.29 is 0 Å². The van der Waals surface area contributed by atoms with E-state index in [0.717, 1.165) is 16.7 Å². The molecule has 0 radical (unpaired) electrons. The van der Waals surface area contributed by atoms with Crippen LogP contribution in [0.1, 0.15) is 36.8 Å². The molecule has 6 nitrogen and oxygen atoms in total. The van der Waals surface area contributed by atoms with Crippen molar-refractivity contribution in [3.63, 3.8) is 0 Å². The molecule has 3 aromatic rings. The Hall–Kier alpha value is -2.76. The van der Waals surface area contributed by atoms with Crippen molar-refractivity contribution in [2.45, 2.75) is 33.2 Å². The predicted molar refractivity (Wildman–Crippen MR) is 90.5 cm³/mol. The number of anilines is 1. The monoisotopic (exact) mass is 309 g/mol. The van der Waals surface area contributed by atoms with Crippen molar-refractivity contribution in [2.24, 2.45) is 0 Å². The van der Waals surface area contributed by atoms with Gasteiger partial charge < -0.3 is 10.3 Å². The number of nitrogens with one attached hydrogen (secondary N) is 2. The van der Waals surface area contributed by atoms with Crippen LogP contribution in [0.4, 0.5) is 5.82 Å². The highest BCUT2D eigenvalue weighted by Crippen LogP contribution is 2.24. The van der Waals surface area contributed by atoms with Crippen molar-refractivity contribution in [2.75, 3.05) is 5.32 Å². The Kier molecular flexibility index (Phi) is 4.06. The van der Waals surface area contributed by atoms with Gasteiger partial charge in [0, 0.05) is 17.1 Å². The highest BCUT2D eigenvalue weighted by Gasteiger charge is 2.07. The fourth-order valence-corrected chi connectivity index (χ4v) is 2.47. The fraction of sp³-hybridized carbons (Fsp3) is 0.294. The summed E-state index contributed by atoms with van der Waals surface area (Å²) >= 11 is 0. The summed E-state index contributed by atoms with van der Waals surface area (Å²) in [6.07, 6.45) is 1.53. The SMILES string of the molecule is Cc1cc(=O)[nH]c(CNc2ncnc3ccc(C(C)C)cc23)n1. The Morgan fingerprint density at radius 2 is 2.04 bits per heavy atom. The Balaban J connectivity index is 1.93. The van der Waals surface area contributed by atoms with Crippen LogP contribution in [0.15, 0.2) is 35.4 Å². The third-order valence-corrected chi connectivity index (χ3v) is 3.67. The first-order valence-electron chi connectivity index (χ1n) is 7.58. The number of benzene rings is 1. The molecule has 6 heteroatoms. The van der Waals surface area contributed by atoms with E-state index in [-0.39, 0.29) is 5.56 Å². The molecule has 0 atom stereocenters. The second kappa shape index (κ2) is 6.16. The lowest BCUT2D eigenvalue weighted by Gasteiger charge is -2.11. The van der Waals surface area contributed by atoms with Gasteiger partial charge in [-0.2, -0.15) is 0 Å². The first-order valence-corrected chi connectivity index (χ1v) is 7.58. The topological polar surface area (TPSA) is 83.6 Å². The molecule has 118 valence electrons. The minimum absolute atomic E-state index is 0.149. The second-order valence-corrected chi connectivity index (χ2v) is 5.84. The van der Waals surface area contributed by atoms with Gasteiger partial charge in [0.1, 0.15) is 18.0 Å². The van der Waals surface area contributed by atoms with E-state index in [1.54, 1.807) is 6.92 Å². The van der Waals surface area contributed by atoms with E-state index in [9.17, 15) is 4.79 Å². The lowest BCUT2D eigenvalue weighted by Crippen LogP contribution is -2.14. The maximum absolute atomic E-state index is 11.5. The highest BCUT2D eigenvalue weighted by atomic mass is 16.1. The number of aromatic amines is 1. The van der Waals surface area contributed by atoms with Crippen molar-refractivity contribution in [3.8, 4) is 0 Å². The van der Waals surface area contributed by atoms with Crippen LogP contribution >= 0.6 is 0 Å². The molecule has 2 aromatic heterocycles. The third-order valence-electron chi connectivity index (χ3n) is 3.67. The molecule has 0 saturated heterocycles. The summed E-state index contributed by atoms with van der Waals surface area (Å²) in [7, 11) is 0. The number of aryl methyl sites for hydroxylation is 1. The molecule has 0 aliphatic carbocycles. The molecule has 0 aliphatic rings. The van der Waals surface area contributed by atoms with Gasteiger partial charge in [0.05, 0.1) is 12.1 Å². The maximum Gasteiger partial charge on any atom is 0.251 e. The van der Waals surface area contributed by atoms with Crippen LogP contribution in [0.25, 0.3) is 10.9 Å². The number of aromatic nitrogens is 4. The van der Waals surface area contributed by atoms with Crippen molar-refractivity contribution in [1.82, 2.24) is 19.9 Å². The van der Waals surface area contributed by atoms with Gasteiger partial charge in [-0.25, -0.2) is 15.0 Å². The fourth-order valence-electron chi connectivity index (χ4n) is 2.47. The van der Waals surface area contributed by atoms with Gasteiger partial charge >= 0.3 is 0 Å². The molecule has 1 aromatic carbocycles. The van der Waals surface area contributed by atoms with Gasteiger partial charge in [-0.3, -0.25) is 4.79 Å². The zero-order chi connectivity index (χ0) is 16.4. The predicted octanol–water partition coefficient (Wildman–Crippen LogP) is 2.76. The molecule has 0 unspecified atom stereocenters.